The number of alkyl halides is 3. The zero-order valence-electron chi connectivity index (χ0n) is 12.1. The van der Waals surface area contributed by atoms with Crippen molar-refractivity contribution < 1.29 is 18.0 Å². The second kappa shape index (κ2) is 6.93. The molecule has 2 heterocycles. The molecule has 0 aliphatic heterocycles. The summed E-state index contributed by atoms with van der Waals surface area (Å²) in [6.07, 6.45) is -1.67. The number of aromatic nitrogens is 2. The Hall–Kier alpha value is -2.52. The van der Waals surface area contributed by atoms with Gasteiger partial charge in [0, 0.05) is 0 Å². The van der Waals surface area contributed by atoms with Gasteiger partial charge in [-0.1, -0.05) is 12.1 Å². The Bertz CT molecular complexity index is 863. The van der Waals surface area contributed by atoms with Crippen molar-refractivity contribution in [2.45, 2.75) is 12.8 Å². The van der Waals surface area contributed by atoms with Gasteiger partial charge in [0.15, 0.2) is 5.82 Å². The zero-order valence-corrected chi connectivity index (χ0v) is 12.9. The molecule has 0 saturated heterocycles. The van der Waals surface area contributed by atoms with Crippen molar-refractivity contribution >= 4 is 33.7 Å². The van der Waals surface area contributed by atoms with Crippen molar-refractivity contribution in [2.24, 2.45) is 4.99 Å². The first-order valence-electron chi connectivity index (χ1n) is 6.78. The van der Waals surface area contributed by atoms with Crippen LogP contribution in [0.2, 0.25) is 0 Å². The van der Waals surface area contributed by atoms with E-state index in [-0.39, 0.29) is 6.61 Å². The number of nitrogens with one attached hydrogen (secondary N) is 1. The van der Waals surface area contributed by atoms with Gasteiger partial charge in [0.1, 0.15) is 17.5 Å². The highest BCUT2D eigenvalue weighted by atomic mass is 32.1. The van der Waals surface area contributed by atoms with Crippen LogP contribution < -0.4 is 5.48 Å². The molecule has 0 aliphatic carbocycles. The highest BCUT2D eigenvalue weighted by Crippen LogP contribution is 2.29. The average molecular weight is 352 g/mol. The van der Waals surface area contributed by atoms with E-state index in [1.54, 1.807) is 6.07 Å². The van der Waals surface area contributed by atoms with E-state index in [0.717, 1.165) is 22.3 Å². The maximum absolute atomic E-state index is 12.6. The monoisotopic (exact) mass is 352 g/mol. The molecule has 1 aromatic carbocycles. The number of benzene rings is 1. The number of hydroxylamine groups is 1. The third-order valence-corrected chi connectivity index (χ3v) is 3.88. The van der Waals surface area contributed by atoms with Crippen molar-refractivity contribution in [3.8, 4) is 0 Å². The molecular formula is C15H11F3N4OS. The smallest absolute Gasteiger partial charge is 0.270 e. The lowest BCUT2D eigenvalue weighted by molar-refractivity contribution is -0.137. The highest BCUT2D eigenvalue weighted by Gasteiger charge is 2.30. The maximum atomic E-state index is 12.6. The van der Waals surface area contributed by atoms with E-state index in [2.05, 4.69) is 20.4 Å². The molecule has 0 radical (unpaired) electrons. The summed E-state index contributed by atoms with van der Waals surface area (Å²) in [5.41, 5.74) is 2.15. The number of nitrogens with zero attached hydrogens (tertiary/aromatic N) is 3. The molecule has 2 aromatic heterocycles. The Morgan fingerprint density at radius 1 is 1.25 bits per heavy atom. The molecule has 0 amide bonds. The summed E-state index contributed by atoms with van der Waals surface area (Å²) in [4.78, 5) is 18.2. The van der Waals surface area contributed by atoms with E-state index in [0.29, 0.717) is 11.4 Å². The van der Waals surface area contributed by atoms with E-state index >= 15 is 0 Å². The molecule has 5 nitrogen and oxygen atoms in total. The fourth-order valence-electron chi connectivity index (χ4n) is 1.97. The van der Waals surface area contributed by atoms with Gasteiger partial charge >= 0.3 is 6.18 Å². The third-order valence-electron chi connectivity index (χ3n) is 3.06. The molecule has 0 unspecified atom stereocenters. The lowest BCUT2D eigenvalue weighted by Gasteiger charge is -2.08. The first-order valence-corrected chi connectivity index (χ1v) is 7.66. The topological polar surface area (TPSA) is 59.4 Å². The van der Waals surface area contributed by atoms with E-state index in [1.165, 1.54) is 30.1 Å². The van der Waals surface area contributed by atoms with Crippen LogP contribution in [0.3, 0.4) is 0 Å². The molecule has 24 heavy (non-hydrogen) atoms. The average Bonchev–Trinajstić information content (AvgIpc) is 3.03. The number of thiophene rings is 1. The van der Waals surface area contributed by atoms with Gasteiger partial charge in [0.2, 0.25) is 0 Å². The van der Waals surface area contributed by atoms with Crippen LogP contribution in [0.15, 0.2) is 47.0 Å². The second-order valence-electron chi connectivity index (χ2n) is 4.70. The van der Waals surface area contributed by atoms with Gasteiger partial charge in [-0.3, -0.25) is 10.3 Å². The van der Waals surface area contributed by atoms with Crippen molar-refractivity contribution in [1.29, 1.82) is 0 Å². The van der Waals surface area contributed by atoms with Gasteiger partial charge in [-0.2, -0.15) is 13.2 Å². The van der Waals surface area contributed by atoms with Gasteiger partial charge < -0.3 is 0 Å². The summed E-state index contributed by atoms with van der Waals surface area (Å²) in [5, 5.41) is 2.70. The molecule has 0 aliphatic rings. The normalized spacial score (nSPS) is 12.1. The fourth-order valence-corrected chi connectivity index (χ4v) is 2.69. The summed E-state index contributed by atoms with van der Waals surface area (Å²) in [6.45, 7) is -0.0342. The molecule has 9 heteroatoms. The van der Waals surface area contributed by atoms with Gasteiger partial charge in [-0.25, -0.2) is 15.0 Å². The van der Waals surface area contributed by atoms with Crippen LogP contribution in [0.4, 0.5) is 19.0 Å². The molecule has 0 atom stereocenters. The summed E-state index contributed by atoms with van der Waals surface area (Å²) >= 11 is 1.48. The number of fused-ring (bicyclic) bond motifs is 1. The summed E-state index contributed by atoms with van der Waals surface area (Å²) < 4.78 is 37.8. The van der Waals surface area contributed by atoms with Gasteiger partial charge in [0.25, 0.3) is 0 Å². The Morgan fingerprint density at radius 2 is 2.12 bits per heavy atom. The van der Waals surface area contributed by atoms with Crippen LogP contribution in [0.25, 0.3) is 10.2 Å². The van der Waals surface area contributed by atoms with Crippen LogP contribution in [-0.2, 0) is 17.6 Å². The Kier molecular flexibility index (Phi) is 4.72. The maximum Gasteiger partial charge on any atom is 0.416 e. The Balaban J connectivity index is 1.57. The zero-order chi connectivity index (χ0) is 17.0. The molecule has 3 rings (SSSR count). The summed E-state index contributed by atoms with van der Waals surface area (Å²) in [5.74, 6) is 0.483. The van der Waals surface area contributed by atoms with E-state index < -0.39 is 11.7 Å². The lowest BCUT2D eigenvalue weighted by Crippen LogP contribution is -2.12. The third kappa shape index (κ3) is 3.87. The van der Waals surface area contributed by atoms with Crippen molar-refractivity contribution in [3.05, 3.63) is 53.2 Å². The number of rotatable bonds is 5. The van der Waals surface area contributed by atoms with Crippen LogP contribution in [0, 0.1) is 0 Å². The Labute approximate surface area is 138 Å². The van der Waals surface area contributed by atoms with E-state index in [9.17, 15) is 13.2 Å². The largest absolute Gasteiger partial charge is 0.416 e. The number of halogens is 3. The number of aliphatic imine (C=N–C) groups is 1. The van der Waals surface area contributed by atoms with Crippen LogP contribution >= 0.6 is 11.3 Å². The summed E-state index contributed by atoms with van der Waals surface area (Å²) in [7, 11) is 0. The summed E-state index contributed by atoms with van der Waals surface area (Å²) in [6, 6.07) is 6.80. The first kappa shape index (κ1) is 16.3. The minimum absolute atomic E-state index is 0.0342. The van der Waals surface area contributed by atoms with E-state index in [4.69, 9.17) is 4.84 Å². The Morgan fingerprint density at radius 3 is 2.96 bits per heavy atom. The van der Waals surface area contributed by atoms with Crippen LogP contribution in [0.5, 0.6) is 0 Å². The standard InChI is InChI=1S/C15H11F3N4OS/c16-15(17,18)11-3-1-2-10(6-11)7-23-22-9-20-13-12-4-5-24-14(12)21-8-19-13/h1-6,8-9H,7H2,(H,19,20,21,22). The molecule has 0 saturated carbocycles. The number of hydrogen-bond donors (Lipinski definition) is 1. The minimum atomic E-state index is -4.37. The molecule has 124 valence electrons. The number of hydrogen-bond acceptors (Lipinski definition) is 5. The quantitative estimate of drug-likeness (QED) is 0.325. The minimum Gasteiger partial charge on any atom is -0.270 e. The fraction of sp³-hybridized carbons (Fsp3) is 0.133. The molecule has 1 N–H and O–H groups in total. The predicted molar refractivity (Wildman–Crippen MR) is 84.9 cm³/mol. The molecule has 0 bridgehead atoms. The van der Waals surface area contributed by atoms with Crippen molar-refractivity contribution in [1.82, 2.24) is 15.4 Å². The van der Waals surface area contributed by atoms with Gasteiger partial charge in [-0.05, 0) is 29.1 Å². The molecule has 3 aromatic rings. The van der Waals surface area contributed by atoms with Crippen LogP contribution in [-0.4, -0.2) is 16.3 Å². The molecular weight excluding hydrogens is 341 g/mol. The van der Waals surface area contributed by atoms with Crippen LogP contribution in [0.1, 0.15) is 11.1 Å². The molecule has 0 spiro atoms. The highest BCUT2D eigenvalue weighted by molar-refractivity contribution is 7.16. The SMILES string of the molecule is FC(F)(F)c1cccc(CONC=Nc2ncnc3sccc23)c1. The van der Waals surface area contributed by atoms with Crippen molar-refractivity contribution in [3.63, 3.8) is 0 Å². The van der Waals surface area contributed by atoms with Gasteiger partial charge in [-0.15, -0.1) is 11.3 Å². The second-order valence-corrected chi connectivity index (χ2v) is 5.59. The predicted octanol–water partition coefficient (Wildman–Crippen LogP) is 4.09. The van der Waals surface area contributed by atoms with Crippen molar-refractivity contribution in [2.75, 3.05) is 0 Å². The van der Waals surface area contributed by atoms with E-state index in [1.807, 2.05) is 11.4 Å². The molecule has 0 fully saturated rings. The van der Waals surface area contributed by atoms with Gasteiger partial charge in [0.05, 0.1) is 17.6 Å². The lowest BCUT2D eigenvalue weighted by atomic mass is 10.1. The first-order chi connectivity index (χ1) is 11.5.